The first-order valence-corrected chi connectivity index (χ1v) is 12.6. The quantitative estimate of drug-likeness (QED) is 0.491. The summed E-state index contributed by atoms with van der Waals surface area (Å²) in [7, 11) is 1.25. The van der Waals surface area contributed by atoms with Crippen LogP contribution in [0.4, 0.5) is 4.79 Å². The van der Waals surface area contributed by atoms with Crippen molar-refractivity contribution in [1.29, 1.82) is 0 Å². The predicted octanol–water partition coefficient (Wildman–Crippen LogP) is 5.08. The van der Waals surface area contributed by atoms with Crippen molar-refractivity contribution in [3.8, 4) is 5.75 Å². The maximum absolute atomic E-state index is 13.5. The van der Waals surface area contributed by atoms with Crippen LogP contribution in [-0.2, 0) is 28.7 Å². The van der Waals surface area contributed by atoms with Crippen LogP contribution in [0.1, 0.15) is 96.1 Å². The average molecular weight is 502 g/mol. The summed E-state index contributed by atoms with van der Waals surface area (Å²) < 4.78 is 8.09. The van der Waals surface area contributed by atoms with Gasteiger partial charge in [0, 0.05) is 35.6 Å². The van der Waals surface area contributed by atoms with Gasteiger partial charge in [0.15, 0.2) is 5.78 Å². The first-order valence-electron chi connectivity index (χ1n) is 12.6. The third kappa shape index (κ3) is 6.87. The van der Waals surface area contributed by atoms with Gasteiger partial charge in [-0.2, -0.15) is 0 Å². The van der Waals surface area contributed by atoms with Gasteiger partial charge >= 0.3 is 6.09 Å². The van der Waals surface area contributed by atoms with E-state index in [4.69, 9.17) is 4.74 Å². The lowest BCUT2D eigenvalue weighted by Gasteiger charge is -2.28. The summed E-state index contributed by atoms with van der Waals surface area (Å²) in [5.74, 6) is 0.0414. The number of aliphatic hydroxyl groups is 1. The van der Waals surface area contributed by atoms with E-state index in [2.05, 4.69) is 4.99 Å². The zero-order valence-electron chi connectivity index (χ0n) is 23.3. The summed E-state index contributed by atoms with van der Waals surface area (Å²) in [6.07, 6.45) is 4.38. The molecule has 0 unspecified atom stereocenters. The van der Waals surface area contributed by atoms with E-state index >= 15 is 0 Å². The third-order valence-electron chi connectivity index (χ3n) is 6.80. The number of imidazole rings is 1. The van der Waals surface area contributed by atoms with Crippen molar-refractivity contribution in [3.05, 3.63) is 46.8 Å². The first kappa shape index (κ1) is 29.4. The van der Waals surface area contributed by atoms with Crippen LogP contribution in [0, 0.1) is 0 Å². The van der Waals surface area contributed by atoms with E-state index in [1.54, 1.807) is 33.7 Å². The number of phenols is 1. The number of aromatic hydroxyl groups is 1. The van der Waals surface area contributed by atoms with Crippen LogP contribution in [0.3, 0.4) is 0 Å². The Morgan fingerprint density at radius 2 is 1.44 bits per heavy atom. The van der Waals surface area contributed by atoms with E-state index in [0.717, 1.165) is 0 Å². The maximum Gasteiger partial charge on any atom is 0.436 e. The zero-order valence-corrected chi connectivity index (χ0v) is 23.3. The first-order chi connectivity index (χ1) is 16.6. The van der Waals surface area contributed by atoms with Crippen LogP contribution < -0.4 is 5.62 Å². The Bertz CT molecular complexity index is 1120. The molecule has 2 aromatic rings. The summed E-state index contributed by atoms with van der Waals surface area (Å²) in [5.41, 5.74) is 0.632. The van der Waals surface area contributed by atoms with Crippen LogP contribution in [0.5, 0.6) is 5.75 Å². The number of methoxy groups -OCH3 is 1. The van der Waals surface area contributed by atoms with Crippen molar-refractivity contribution in [2.45, 2.75) is 104 Å². The fourth-order valence-corrected chi connectivity index (χ4v) is 4.13. The van der Waals surface area contributed by atoms with Gasteiger partial charge in [0.25, 0.3) is 0 Å². The van der Waals surface area contributed by atoms with Crippen LogP contribution >= 0.6 is 0 Å². The molecule has 0 atom stereocenters. The van der Waals surface area contributed by atoms with Gasteiger partial charge in [0.2, 0.25) is 5.62 Å². The van der Waals surface area contributed by atoms with Gasteiger partial charge < -0.3 is 24.1 Å². The SMILES string of the molecule is CCC(O)(CC)CCn1ccn(CC(=O)c2cc(C(C)(C)C)c(O)c(C(C)(C)C)c2)/c1=N\C(=O)OC. The number of carbonyl (C=O) groups is 2. The molecular weight excluding hydrogens is 458 g/mol. The number of aromatic nitrogens is 2. The molecule has 0 aliphatic carbocycles. The summed E-state index contributed by atoms with van der Waals surface area (Å²) in [6.45, 7) is 16.2. The highest BCUT2D eigenvalue weighted by Gasteiger charge is 2.28. The summed E-state index contributed by atoms with van der Waals surface area (Å²) >= 11 is 0. The Hall–Kier alpha value is -2.87. The number of amides is 1. The standard InChI is InChI=1S/C28H43N3O5/c1-10-28(35,11-2)12-13-30-14-15-31(24(30)29-25(34)36-9)18-22(32)19-16-20(26(3,4)5)23(33)21(17-19)27(6,7)8/h14-17,33,35H,10-13,18H2,1-9H3/b29-24-. The van der Waals surface area contributed by atoms with E-state index in [0.29, 0.717) is 42.5 Å². The van der Waals surface area contributed by atoms with Crippen molar-refractivity contribution in [2.75, 3.05) is 7.11 Å². The van der Waals surface area contributed by atoms with E-state index in [9.17, 15) is 19.8 Å². The molecule has 200 valence electrons. The minimum absolute atomic E-state index is 0.0490. The van der Waals surface area contributed by atoms with Crippen molar-refractivity contribution >= 4 is 11.9 Å². The predicted molar refractivity (Wildman–Crippen MR) is 140 cm³/mol. The van der Waals surface area contributed by atoms with Crippen molar-refractivity contribution in [2.24, 2.45) is 4.99 Å². The lowest BCUT2D eigenvalue weighted by Crippen LogP contribution is -2.33. The second-order valence-electron chi connectivity index (χ2n) is 11.5. The molecule has 0 aliphatic heterocycles. The molecule has 1 heterocycles. The maximum atomic E-state index is 13.5. The number of nitrogens with zero attached hydrogens (tertiary/aromatic N) is 3. The van der Waals surface area contributed by atoms with Crippen molar-refractivity contribution < 1.29 is 24.5 Å². The third-order valence-corrected chi connectivity index (χ3v) is 6.80. The highest BCUT2D eigenvalue weighted by atomic mass is 16.5. The molecule has 8 heteroatoms. The van der Waals surface area contributed by atoms with Crippen LogP contribution in [0.25, 0.3) is 0 Å². The summed E-state index contributed by atoms with van der Waals surface area (Å²) in [4.78, 5) is 29.6. The smallest absolute Gasteiger partial charge is 0.436 e. The molecule has 1 aromatic carbocycles. The fourth-order valence-electron chi connectivity index (χ4n) is 4.13. The molecule has 0 aliphatic rings. The lowest BCUT2D eigenvalue weighted by atomic mass is 9.78. The normalized spacial score (nSPS) is 13.2. The Balaban J connectivity index is 2.53. The van der Waals surface area contributed by atoms with E-state index in [1.165, 1.54) is 7.11 Å². The van der Waals surface area contributed by atoms with Crippen molar-refractivity contribution in [3.63, 3.8) is 0 Å². The zero-order chi connectivity index (χ0) is 27.5. The number of benzene rings is 1. The molecule has 1 amide bonds. The molecule has 36 heavy (non-hydrogen) atoms. The van der Waals surface area contributed by atoms with Gasteiger partial charge in [-0.15, -0.1) is 4.99 Å². The number of hydrogen-bond donors (Lipinski definition) is 2. The molecular formula is C28H43N3O5. The van der Waals surface area contributed by atoms with Gasteiger partial charge in [-0.1, -0.05) is 55.4 Å². The minimum atomic E-state index is -0.813. The number of phenolic OH excluding ortho intramolecular Hbond substituents is 1. The monoisotopic (exact) mass is 501 g/mol. The Morgan fingerprint density at radius 1 is 0.944 bits per heavy atom. The van der Waals surface area contributed by atoms with Crippen molar-refractivity contribution in [1.82, 2.24) is 9.13 Å². The second kappa shape index (κ2) is 11.0. The number of carbonyl (C=O) groups excluding carboxylic acids is 2. The number of ketones is 1. The highest BCUT2D eigenvalue weighted by Crippen LogP contribution is 2.39. The number of Topliss-reactive ketones (excluding diaryl/α,β-unsaturated/α-hetero) is 1. The van der Waals surface area contributed by atoms with E-state index in [1.807, 2.05) is 55.4 Å². The topological polar surface area (TPSA) is 106 Å². The van der Waals surface area contributed by atoms with Gasteiger partial charge in [0.1, 0.15) is 5.75 Å². The van der Waals surface area contributed by atoms with E-state index < -0.39 is 11.7 Å². The van der Waals surface area contributed by atoms with E-state index in [-0.39, 0.29) is 34.5 Å². The van der Waals surface area contributed by atoms with Crippen LogP contribution in [-0.4, -0.2) is 43.9 Å². The summed E-state index contributed by atoms with van der Waals surface area (Å²) in [5, 5.41) is 21.7. The Morgan fingerprint density at radius 3 is 1.89 bits per heavy atom. The Labute approximate surface area is 214 Å². The van der Waals surface area contributed by atoms with Gasteiger partial charge in [-0.05, 0) is 42.2 Å². The lowest BCUT2D eigenvalue weighted by molar-refractivity contribution is 0.0192. The molecule has 1 aromatic heterocycles. The van der Waals surface area contributed by atoms with Gasteiger partial charge in [0.05, 0.1) is 19.3 Å². The molecule has 8 nitrogen and oxygen atoms in total. The minimum Gasteiger partial charge on any atom is -0.507 e. The molecule has 2 rings (SSSR count). The molecule has 0 radical (unpaired) electrons. The molecule has 2 N–H and O–H groups in total. The Kier molecular flexibility index (Phi) is 9.00. The molecule has 0 fully saturated rings. The fraction of sp³-hybridized carbons (Fsp3) is 0.607. The summed E-state index contributed by atoms with van der Waals surface area (Å²) in [6, 6.07) is 3.51. The number of ether oxygens (including phenoxy) is 1. The number of aryl methyl sites for hydroxylation is 1. The van der Waals surface area contributed by atoms with Crippen LogP contribution in [0.2, 0.25) is 0 Å². The average Bonchev–Trinajstić information content (AvgIpc) is 3.16. The van der Waals surface area contributed by atoms with Crippen LogP contribution in [0.15, 0.2) is 29.5 Å². The molecule has 0 spiro atoms. The number of hydrogen-bond acceptors (Lipinski definition) is 5. The molecule has 0 bridgehead atoms. The highest BCUT2D eigenvalue weighted by molar-refractivity contribution is 5.96. The largest absolute Gasteiger partial charge is 0.507 e. The van der Waals surface area contributed by atoms with Gasteiger partial charge in [-0.25, -0.2) is 4.79 Å². The van der Waals surface area contributed by atoms with Gasteiger partial charge in [-0.3, -0.25) is 4.79 Å². The molecule has 0 saturated carbocycles. The molecule has 0 saturated heterocycles. The number of rotatable bonds is 8. The second-order valence-corrected chi connectivity index (χ2v) is 11.5.